The van der Waals surface area contributed by atoms with Crippen LogP contribution >= 0.6 is 11.3 Å². The van der Waals surface area contributed by atoms with Crippen LogP contribution in [0, 0.1) is 10.1 Å². The largest absolute Gasteiger partial charge is 0.454 e. The van der Waals surface area contributed by atoms with Gasteiger partial charge in [0.05, 0.1) is 15.4 Å². The maximum atomic E-state index is 12.4. The van der Waals surface area contributed by atoms with Crippen molar-refractivity contribution in [2.75, 3.05) is 6.54 Å². The molecule has 1 aliphatic rings. The van der Waals surface area contributed by atoms with Crippen molar-refractivity contribution in [2.24, 2.45) is 0 Å². The van der Waals surface area contributed by atoms with Crippen molar-refractivity contribution in [3.63, 3.8) is 0 Å². The zero-order valence-corrected chi connectivity index (χ0v) is 15.2. The molecule has 0 aliphatic carbocycles. The molecule has 0 radical (unpaired) electrons. The normalized spacial score (nSPS) is 12.9. The summed E-state index contributed by atoms with van der Waals surface area (Å²) < 4.78 is 10.4. The van der Waals surface area contributed by atoms with Crippen LogP contribution in [-0.4, -0.2) is 44.3 Å². The Hall–Kier alpha value is -3.93. The molecular weight excluding hydrogens is 404 g/mol. The van der Waals surface area contributed by atoms with Crippen LogP contribution in [0.4, 0.5) is 5.69 Å². The molecule has 1 aromatic carbocycles. The molecule has 146 valence electrons. The van der Waals surface area contributed by atoms with E-state index < -0.39 is 34.9 Å². The van der Waals surface area contributed by atoms with Crippen LogP contribution in [-0.2, 0) is 16.1 Å². The van der Waals surface area contributed by atoms with Crippen molar-refractivity contribution >= 4 is 34.8 Å². The molecule has 0 saturated heterocycles. The monoisotopic (exact) mass is 414 g/mol. The number of fused-ring (bicyclic) bond motifs is 1. The maximum absolute atomic E-state index is 12.4. The maximum Gasteiger partial charge on any atom is 0.326 e. The number of aromatic nitrogens is 2. The molecule has 2 amide bonds. The SMILES string of the molecule is O=C(CN1C(=O)c2cccc([N+](=O)[O-])c2C1=O)OCc1nnc(-c2cccs2)o1. The summed E-state index contributed by atoms with van der Waals surface area (Å²) in [7, 11) is 0. The van der Waals surface area contributed by atoms with Gasteiger partial charge in [-0.1, -0.05) is 12.1 Å². The highest BCUT2D eigenvalue weighted by Crippen LogP contribution is 2.30. The number of hydrogen-bond donors (Lipinski definition) is 0. The van der Waals surface area contributed by atoms with Gasteiger partial charge < -0.3 is 9.15 Å². The van der Waals surface area contributed by atoms with E-state index in [0.29, 0.717) is 4.90 Å². The first-order chi connectivity index (χ1) is 14.0. The van der Waals surface area contributed by atoms with Crippen molar-refractivity contribution in [3.05, 3.63) is 62.8 Å². The van der Waals surface area contributed by atoms with E-state index in [1.807, 2.05) is 11.4 Å². The predicted octanol–water partition coefficient (Wildman–Crippen LogP) is 2.05. The number of benzene rings is 1. The summed E-state index contributed by atoms with van der Waals surface area (Å²) in [5, 5.41) is 20.5. The van der Waals surface area contributed by atoms with Crippen LogP contribution in [0.3, 0.4) is 0 Å². The predicted molar refractivity (Wildman–Crippen MR) is 95.9 cm³/mol. The topological polar surface area (TPSA) is 146 Å². The fourth-order valence-corrected chi connectivity index (χ4v) is 3.38. The van der Waals surface area contributed by atoms with E-state index in [2.05, 4.69) is 10.2 Å². The average molecular weight is 414 g/mol. The van der Waals surface area contributed by atoms with E-state index in [1.165, 1.54) is 23.5 Å². The van der Waals surface area contributed by atoms with Gasteiger partial charge in [0.2, 0.25) is 0 Å². The van der Waals surface area contributed by atoms with E-state index in [1.54, 1.807) is 6.07 Å². The van der Waals surface area contributed by atoms with Crippen molar-refractivity contribution in [1.29, 1.82) is 0 Å². The number of amides is 2. The van der Waals surface area contributed by atoms with Crippen LogP contribution < -0.4 is 0 Å². The highest BCUT2D eigenvalue weighted by molar-refractivity contribution is 7.13. The first-order valence-electron chi connectivity index (χ1n) is 8.11. The van der Waals surface area contributed by atoms with E-state index >= 15 is 0 Å². The lowest BCUT2D eigenvalue weighted by atomic mass is 10.1. The van der Waals surface area contributed by atoms with Crippen molar-refractivity contribution in [3.8, 4) is 10.8 Å². The Labute approximate surface area is 165 Å². The van der Waals surface area contributed by atoms with Gasteiger partial charge in [-0.05, 0) is 17.5 Å². The van der Waals surface area contributed by atoms with Crippen molar-refractivity contribution in [2.45, 2.75) is 6.61 Å². The van der Waals surface area contributed by atoms with Crippen LogP contribution in [0.1, 0.15) is 26.6 Å². The lowest BCUT2D eigenvalue weighted by Crippen LogP contribution is -2.35. The smallest absolute Gasteiger partial charge is 0.326 e. The van der Waals surface area contributed by atoms with Gasteiger partial charge in [0.15, 0.2) is 6.61 Å². The number of ether oxygens (including phenoxy) is 1. The summed E-state index contributed by atoms with van der Waals surface area (Å²) in [6, 6.07) is 7.31. The quantitative estimate of drug-likeness (QED) is 0.256. The third-order valence-corrected chi connectivity index (χ3v) is 4.87. The molecule has 0 unspecified atom stereocenters. The Morgan fingerprint density at radius 3 is 2.76 bits per heavy atom. The number of carbonyl (C=O) groups is 3. The molecule has 4 rings (SSSR count). The molecule has 0 atom stereocenters. The first-order valence-corrected chi connectivity index (χ1v) is 8.99. The zero-order chi connectivity index (χ0) is 20.5. The number of esters is 1. The summed E-state index contributed by atoms with van der Waals surface area (Å²) in [6.07, 6.45) is 0. The van der Waals surface area contributed by atoms with Gasteiger partial charge in [0.1, 0.15) is 12.1 Å². The third-order valence-electron chi connectivity index (χ3n) is 4.02. The zero-order valence-electron chi connectivity index (χ0n) is 14.4. The standard InChI is InChI=1S/C17H10N4O7S/c22-13(27-8-12-18-19-15(28-12)11-5-2-6-29-11)7-20-16(23)9-3-1-4-10(21(25)26)14(9)17(20)24/h1-6H,7-8H2. The highest BCUT2D eigenvalue weighted by atomic mass is 32.1. The molecule has 11 nitrogen and oxygen atoms in total. The number of nitro groups is 1. The van der Waals surface area contributed by atoms with Gasteiger partial charge in [-0.15, -0.1) is 21.5 Å². The van der Waals surface area contributed by atoms with Crippen LogP contribution in [0.15, 0.2) is 40.1 Å². The Balaban J connectivity index is 1.41. The molecule has 12 heteroatoms. The van der Waals surface area contributed by atoms with Crippen molar-refractivity contribution < 1.29 is 28.5 Å². The van der Waals surface area contributed by atoms with Crippen molar-refractivity contribution in [1.82, 2.24) is 15.1 Å². The molecule has 3 heterocycles. The molecule has 1 aliphatic heterocycles. The average Bonchev–Trinajstić information content (AvgIpc) is 3.43. The van der Waals surface area contributed by atoms with Gasteiger partial charge in [0, 0.05) is 6.07 Å². The van der Waals surface area contributed by atoms with E-state index in [9.17, 15) is 24.5 Å². The second kappa shape index (κ2) is 7.24. The lowest BCUT2D eigenvalue weighted by molar-refractivity contribution is -0.385. The van der Waals surface area contributed by atoms with Gasteiger partial charge in [-0.25, -0.2) is 0 Å². The van der Waals surface area contributed by atoms with Gasteiger partial charge in [0.25, 0.3) is 29.3 Å². The summed E-state index contributed by atoms with van der Waals surface area (Å²) in [6.45, 7) is -1.05. The van der Waals surface area contributed by atoms with Crippen LogP contribution in [0.25, 0.3) is 10.8 Å². The van der Waals surface area contributed by atoms with E-state index in [4.69, 9.17) is 9.15 Å². The van der Waals surface area contributed by atoms with Crippen LogP contribution in [0.5, 0.6) is 0 Å². The molecule has 2 aromatic heterocycles. The minimum absolute atomic E-state index is 0.0414. The molecule has 29 heavy (non-hydrogen) atoms. The van der Waals surface area contributed by atoms with Gasteiger partial charge in [-0.2, -0.15) is 0 Å². The number of imide groups is 1. The number of nitro benzene ring substituents is 1. The second-order valence-corrected chi connectivity index (χ2v) is 6.74. The summed E-state index contributed by atoms with van der Waals surface area (Å²) >= 11 is 1.40. The molecule has 3 aromatic rings. The van der Waals surface area contributed by atoms with E-state index in [0.717, 1.165) is 10.9 Å². The molecule has 0 bridgehead atoms. The fourth-order valence-electron chi connectivity index (χ4n) is 2.74. The minimum atomic E-state index is -0.924. The van der Waals surface area contributed by atoms with E-state index in [-0.39, 0.29) is 29.5 Å². The Bertz CT molecular complexity index is 1140. The van der Waals surface area contributed by atoms with Gasteiger partial charge >= 0.3 is 5.97 Å². The molecule has 0 N–H and O–H groups in total. The number of carbonyl (C=O) groups excluding carboxylic acids is 3. The molecular formula is C17H10N4O7S. The second-order valence-electron chi connectivity index (χ2n) is 5.79. The minimum Gasteiger partial charge on any atom is -0.454 e. The highest BCUT2D eigenvalue weighted by Gasteiger charge is 2.41. The number of thiophene rings is 1. The fraction of sp³-hybridized carbons (Fsp3) is 0.118. The number of hydrogen-bond acceptors (Lipinski definition) is 10. The summed E-state index contributed by atoms with van der Waals surface area (Å²) in [5.41, 5.74) is -0.967. The molecule has 0 fully saturated rings. The molecule has 0 saturated carbocycles. The third kappa shape index (κ3) is 3.36. The Morgan fingerprint density at radius 2 is 2.03 bits per heavy atom. The Morgan fingerprint density at radius 1 is 1.21 bits per heavy atom. The summed E-state index contributed by atoms with van der Waals surface area (Å²) in [5.74, 6) is -2.31. The number of nitrogens with zero attached hydrogens (tertiary/aromatic N) is 4. The lowest BCUT2D eigenvalue weighted by Gasteiger charge is -2.12. The number of rotatable bonds is 6. The summed E-state index contributed by atoms with van der Waals surface area (Å²) in [4.78, 5) is 48.6. The molecule has 0 spiro atoms. The Kier molecular flexibility index (Phi) is 4.60. The van der Waals surface area contributed by atoms with Crippen LogP contribution in [0.2, 0.25) is 0 Å². The van der Waals surface area contributed by atoms with Gasteiger partial charge in [-0.3, -0.25) is 29.4 Å². The first kappa shape index (κ1) is 18.4.